The van der Waals surface area contributed by atoms with Crippen LogP contribution in [0, 0.1) is 5.92 Å². The minimum absolute atomic E-state index is 0.193. The molecule has 2 nitrogen and oxygen atoms in total. The van der Waals surface area contributed by atoms with E-state index < -0.39 is 11.3 Å². The fraction of sp³-hybridized carbons (Fsp3) is 0.208. The van der Waals surface area contributed by atoms with Crippen LogP contribution in [0.25, 0.3) is 0 Å². The third-order valence-corrected chi connectivity index (χ3v) is 15.4. The van der Waals surface area contributed by atoms with E-state index in [1.54, 1.807) is 0 Å². The van der Waals surface area contributed by atoms with Crippen LogP contribution in [0.4, 0.5) is 0 Å². The van der Waals surface area contributed by atoms with Crippen LogP contribution in [0.1, 0.15) is 19.8 Å². The molecule has 1 atom stereocenters. The molecular formula is C24H26BrO2P. The maximum atomic E-state index is 11.2. The molecule has 0 bridgehead atoms. The number of rotatable bonds is 8. The molecular weight excluding hydrogens is 431 g/mol. The van der Waals surface area contributed by atoms with E-state index in [1.165, 1.54) is 15.9 Å². The molecule has 0 amide bonds. The summed E-state index contributed by atoms with van der Waals surface area (Å²) in [5.74, 6) is -0.491. The Morgan fingerprint density at radius 3 is 1.50 bits per heavy atom. The zero-order valence-corrected chi connectivity index (χ0v) is 18.5. The zero-order valence-electron chi connectivity index (χ0n) is 16.0. The van der Waals surface area contributed by atoms with Gasteiger partial charge in [-0.05, 0) is 0 Å². The summed E-state index contributed by atoms with van der Waals surface area (Å²) >= 11 is 4.41. The van der Waals surface area contributed by atoms with Crippen LogP contribution in [0.2, 0.25) is 0 Å². The van der Waals surface area contributed by atoms with Crippen molar-refractivity contribution in [2.24, 2.45) is 5.92 Å². The van der Waals surface area contributed by atoms with Crippen LogP contribution in [-0.4, -0.2) is 17.2 Å². The second-order valence-electron chi connectivity index (χ2n) is 7.41. The first-order valence-corrected chi connectivity index (χ1v) is 14.0. The molecule has 1 unspecified atom stereocenters. The van der Waals surface area contributed by atoms with E-state index in [9.17, 15) is 9.90 Å². The van der Waals surface area contributed by atoms with Crippen LogP contribution in [0.15, 0.2) is 91.0 Å². The fourth-order valence-electron chi connectivity index (χ4n) is 4.03. The van der Waals surface area contributed by atoms with E-state index in [0.717, 1.165) is 6.16 Å². The fourth-order valence-corrected chi connectivity index (χ4v) is 12.9. The molecule has 146 valence electrons. The molecule has 0 fully saturated rings. The number of benzene rings is 3. The molecule has 0 aromatic heterocycles. The van der Waals surface area contributed by atoms with Crippen LogP contribution < -0.4 is 15.9 Å². The summed E-state index contributed by atoms with van der Waals surface area (Å²) in [6, 6.07) is 31.9. The Labute approximate surface area is 175 Å². The van der Waals surface area contributed by atoms with Crippen LogP contribution in [0.3, 0.4) is 0 Å². The summed E-state index contributed by atoms with van der Waals surface area (Å²) in [5, 5.41) is 10.0. The first-order chi connectivity index (χ1) is 13.4. The molecule has 0 saturated carbocycles. The van der Waals surface area contributed by atoms with Gasteiger partial charge >= 0.3 is 175 Å². The number of aliphatic carboxylic acids is 1. The number of hydrogen-bond donors (Lipinski definition) is 1. The molecule has 28 heavy (non-hydrogen) atoms. The van der Waals surface area contributed by atoms with Gasteiger partial charge in [-0.2, -0.15) is 0 Å². The van der Waals surface area contributed by atoms with Crippen LogP contribution in [-0.2, 0) is 4.79 Å². The van der Waals surface area contributed by atoms with Gasteiger partial charge in [-0.3, -0.25) is 0 Å². The molecule has 0 saturated heterocycles. The summed E-state index contributed by atoms with van der Waals surface area (Å²) in [5.41, 5.74) is 0. The predicted molar refractivity (Wildman–Crippen MR) is 125 cm³/mol. The summed E-state index contributed by atoms with van der Waals surface area (Å²) in [6.45, 7) is 2.17. The third kappa shape index (κ3) is 3.92. The van der Waals surface area contributed by atoms with Crippen molar-refractivity contribution in [1.82, 2.24) is 0 Å². The van der Waals surface area contributed by atoms with Gasteiger partial charge in [0.1, 0.15) is 0 Å². The van der Waals surface area contributed by atoms with Crippen molar-refractivity contribution in [1.29, 1.82) is 0 Å². The molecule has 0 aliphatic rings. The van der Waals surface area contributed by atoms with Gasteiger partial charge in [-0.25, -0.2) is 0 Å². The number of carboxylic acid groups (broad SMARTS) is 1. The van der Waals surface area contributed by atoms with Gasteiger partial charge in [-0.15, -0.1) is 0 Å². The molecule has 0 heterocycles. The van der Waals surface area contributed by atoms with E-state index in [4.69, 9.17) is 0 Å². The Morgan fingerprint density at radius 2 is 1.18 bits per heavy atom. The first-order valence-electron chi connectivity index (χ1n) is 9.56. The monoisotopic (exact) mass is 456 g/mol. The van der Waals surface area contributed by atoms with Crippen molar-refractivity contribution >= 4 is 42.7 Å². The van der Waals surface area contributed by atoms with Gasteiger partial charge < -0.3 is 0 Å². The Kier molecular flexibility index (Phi) is 6.37. The second kappa shape index (κ2) is 8.59. The normalized spacial score (nSPS) is 14.0. The Morgan fingerprint density at radius 1 is 0.821 bits per heavy atom. The minimum atomic E-state index is -2.95. The molecule has 0 aliphatic heterocycles. The maximum absolute atomic E-state index is 11.2. The number of hydrogen-bond acceptors (Lipinski definition) is 1. The van der Waals surface area contributed by atoms with Crippen molar-refractivity contribution < 1.29 is 9.90 Å². The molecule has 0 radical (unpaired) electrons. The van der Waals surface area contributed by atoms with Crippen LogP contribution in [0.5, 0.6) is 0 Å². The predicted octanol–water partition coefficient (Wildman–Crippen LogP) is 5.33. The average Bonchev–Trinajstić information content (AvgIpc) is 2.74. The molecule has 1 N–H and O–H groups in total. The van der Waals surface area contributed by atoms with E-state index in [-0.39, 0.29) is 12.3 Å². The summed E-state index contributed by atoms with van der Waals surface area (Å²) < 4.78 is 0. The van der Waals surface area contributed by atoms with Crippen molar-refractivity contribution in [3.05, 3.63) is 91.0 Å². The van der Waals surface area contributed by atoms with E-state index in [0.29, 0.717) is 6.42 Å². The first kappa shape index (κ1) is 20.8. The summed E-state index contributed by atoms with van der Waals surface area (Å²) in [7, 11) is 0. The Bertz CT molecular complexity index is 814. The Balaban J connectivity index is 2.26. The number of carbonyl (C=O) groups is 1. The number of halogens is 1. The van der Waals surface area contributed by atoms with Gasteiger partial charge in [0.2, 0.25) is 0 Å². The zero-order chi connectivity index (χ0) is 20.1. The molecule has 0 aliphatic carbocycles. The second-order valence-corrected chi connectivity index (χ2v) is 16.4. The SMILES string of the molecule is CC(CCC(=O)O)CP(Br)(c1ccccc1)(c1ccccc1)c1ccccc1. The standard InChI is InChI=1S/C24H26BrO2P/c1-20(17-18-24(26)27)19-28(25,21-11-5-2-6-12-21,22-13-7-3-8-14-22)23-15-9-4-10-16-23/h2-16,20H,17-19H2,1H3,(H,26,27). The van der Waals surface area contributed by atoms with Crippen molar-refractivity contribution in [2.75, 3.05) is 6.16 Å². The van der Waals surface area contributed by atoms with Gasteiger partial charge in [0.15, 0.2) is 0 Å². The summed E-state index contributed by atoms with van der Waals surface area (Å²) in [4.78, 5) is 11.2. The third-order valence-electron chi connectivity index (χ3n) is 5.39. The van der Waals surface area contributed by atoms with Crippen molar-refractivity contribution in [3.63, 3.8) is 0 Å². The van der Waals surface area contributed by atoms with Crippen molar-refractivity contribution in [3.8, 4) is 0 Å². The average molecular weight is 457 g/mol. The quantitative estimate of drug-likeness (QED) is 0.465. The summed E-state index contributed by atoms with van der Waals surface area (Å²) in [6.07, 6.45) is 1.72. The van der Waals surface area contributed by atoms with Gasteiger partial charge in [0.25, 0.3) is 0 Å². The van der Waals surface area contributed by atoms with Gasteiger partial charge in [-0.1, -0.05) is 0 Å². The molecule has 3 aromatic carbocycles. The van der Waals surface area contributed by atoms with E-state index in [2.05, 4.69) is 95.2 Å². The molecule has 3 aromatic rings. The van der Waals surface area contributed by atoms with Gasteiger partial charge in [0, 0.05) is 0 Å². The van der Waals surface area contributed by atoms with E-state index >= 15 is 0 Å². The Hall–Kier alpha value is -1.96. The topological polar surface area (TPSA) is 37.3 Å². The van der Waals surface area contributed by atoms with Gasteiger partial charge in [0.05, 0.1) is 0 Å². The van der Waals surface area contributed by atoms with Crippen molar-refractivity contribution in [2.45, 2.75) is 19.8 Å². The number of carboxylic acids is 1. The molecule has 3 rings (SSSR count). The van der Waals surface area contributed by atoms with E-state index in [1.807, 2.05) is 18.2 Å². The van der Waals surface area contributed by atoms with Crippen LogP contribution >= 0.6 is 20.8 Å². The molecule has 0 spiro atoms. The molecule has 4 heteroatoms.